The molecule has 5 heteroatoms. The van der Waals surface area contributed by atoms with Crippen molar-refractivity contribution in [2.45, 2.75) is 38.6 Å². The van der Waals surface area contributed by atoms with Gasteiger partial charge in [-0.05, 0) is 13.3 Å². The minimum Gasteiger partial charge on any atom is -0.458 e. The van der Waals surface area contributed by atoms with Crippen LogP contribution in [0.3, 0.4) is 0 Å². The van der Waals surface area contributed by atoms with Gasteiger partial charge in [0.25, 0.3) is 0 Å². The lowest BCUT2D eigenvalue weighted by Gasteiger charge is -2.36. The zero-order valence-electron chi connectivity index (χ0n) is 10.8. The van der Waals surface area contributed by atoms with Crippen molar-refractivity contribution in [3.63, 3.8) is 0 Å². The molecule has 0 aromatic heterocycles. The van der Waals surface area contributed by atoms with Crippen LogP contribution >= 0.6 is 0 Å². The van der Waals surface area contributed by atoms with Crippen molar-refractivity contribution in [3.8, 4) is 0 Å². The van der Waals surface area contributed by atoms with Crippen molar-refractivity contribution in [1.82, 2.24) is 0 Å². The molecule has 0 N–H and O–H groups in total. The molecular formula is C13H18O5. The van der Waals surface area contributed by atoms with Crippen LogP contribution in [0.4, 0.5) is 0 Å². The monoisotopic (exact) mass is 254 g/mol. The van der Waals surface area contributed by atoms with Crippen LogP contribution in [0.2, 0.25) is 0 Å². The van der Waals surface area contributed by atoms with E-state index < -0.39 is 18.2 Å². The molecule has 1 aliphatic heterocycles. The summed E-state index contributed by atoms with van der Waals surface area (Å²) in [5.74, 6) is -0.800. The number of rotatable bonds is 3. The fraction of sp³-hybridized carbons (Fsp3) is 0.692. The van der Waals surface area contributed by atoms with E-state index in [1.807, 2.05) is 6.92 Å². The molecule has 5 unspecified atom stereocenters. The normalized spacial score (nSPS) is 38.2. The van der Waals surface area contributed by atoms with Crippen LogP contribution in [0.5, 0.6) is 0 Å². The molecule has 100 valence electrons. The minimum absolute atomic E-state index is 0.0480. The Morgan fingerprint density at radius 3 is 2.72 bits per heavy atom. The summed E-state index contributed by atoms with van der Waals surface area (Å²) in [4.78, 5) is 23.3. The summed E-state index contributed by atoms with van der Waals surface area (Å²) in [7, 11) is 1.55. The van der Waals surface area contributed by atoms with E-state index in [1.54, 1.807) is 14.0 Å². The highest BCUT2D eigenvalue weighted by Crippen LogP contribution is 2.41. The Labute approximate surface area is 106 Å². The average molecular weight is 254 g/mol. The topological polar surface area (TPSA) is 61.8 Å². The highest BCUT2D eigenvalue weighted by molar-refractivity contribution is 5.87. The molecule has 0 radical (unpaired) electrons. The van der Waals surface area contributed by atoms with Crippen molar-refractivity contribution < 1.29 is 23.8 Å². The number of esters is 2. The summed E-state index contributed by atoms with van der Waals surface area (Å²) < 4.78 is 16.0. The maximum atomic E-state index is 11.7. The second kappa shape index (κ2) is 4.72. The molecule has 5 atom stereocenters. The van der Waals surface area contributed by atoms with Gasteiger partial charge in [-0.2, -0.15) is 0 Å². The molecule has 5 nitrogen and oxygen atoms in total. The molecule has 0 spiro atoms. The Morgan fingerprint density at radius 1 is 1.50 bits per heavy atom. The molecule has 18 heavy (non-hydrogen) atoms. The Morgan fingerprint density at radius 2 is 2.17 bits per heavy atom. The number of hydrogen-bond acceptors (Lipinski definition) is 5. The van der Waals surface area contributed by atoms with Crippen LogP contribution in [0, 0.1) is 11.8 Å². The fourth-order valence-corrected chi connectivity index (χ4v) is 2.64. The van der Waals surface area contributed by atoms with E-state index in [2.05, 4.69) is 6.58 Å². The molecule has 1 saturated heterocycles. The van der Waals surface area contributed by atoms with Crippen molar-refractivity contribution in [1.29, 1.82) is 0 Å². The highest BCUT2D eigenvalue weighted by Gasteiger charge is 2.55. The number of fused-ring (bicyclic) bond motifs is 2. The Bertz CT molecular complexity index is 389. The molecule has 0 amide bonds. The molecule has 2 rings (SSSR count). The summed E-state index contributed by atoms with van der Waals surface area (Å²) in [5, 5.41) is 0. The molecule has 2 fully saturated rings. The molecule has 2 bridgehead atoms. The van der Waals surface area contributed by atoms with E-state index in [1.165, 1.54) is 0 Å². The standard InChI is InChI=1S/C13H18O5/c1-6(2)12(14)18-11-9(16-4)5-8-7(3)10(11)17-13(8)15/h7-11H,1,5H2,2-4H3. The van der Waals surface area contributed by atoms with Gasteiger partial charge in [-0.1, -0.05) is 13.5 Å². The molecule has 1 heterocycles. The van der Waals surface area contributed by atoms with E-state index in [4.69, 9.17) is 14.2 Å². The predicted molar refractivity (Wildman–Crippen MR) is 62.6 cm³/mol. The summed E-state index contributed by atoms with van der Waals surface area (Å²) in [6.45, 7) is 7.06. The minimum atomic E-state index is -0.545. The first-order valence-corrected chi connectivity index (χ1v) is 6.05. The Balaban J connectivity index is 2.18. The van der Waals surface area contributed by atoms with Gasteiger partial charge in [0.05, 0.1) is 12.0 Å². The molecule has 1 saturated carbocycles. The number of ether oxygens (including phenoxy) is 3. The number of carbonyl (C=O) groups is 2. The molecular weight excluding hydrogens is 236 g/mol. The third-order valence-corrected chi connectivity index (χ3v) is 3.78. The number of hydrogen-bond donors (Lipinski definition) is 0. The van der Waals surface area contributed by atoms with Gasteiger partial charge in [-0.15, -0.1) is 0 Å². The highest BCUT2D eigenvalue weighted by atomic mass is 16.6. The van der Waals surface area contributed by atoms with Gasteiger partial charge in [0.2, 0.25) is 0 Å². The molecule has 0 aromatic carbocycles. The SMILES string of the molecule is C=C(C)C(=O)OC1C(OC)CC2C(=O)OC1C2C. The number of carbonyl (C=O) groups excluding carboxylic acids is 2. The van der Waals surface area contributed by atoms with Crippen LogP contribution in [0.25, 0.3) is 0 Å². The third kappa shape index (κ3) is 2.03. The fourth-order valence-electron chi connectivity index (χ4n) is 2.64. The van der Waals surface area contributed by atoms with Crippen LogP contribution in [-0.2, 0) is 23.8 Å². The average Bonchev–Trinajstić information content (AvgIpc) is 2.51. The van der Waals surface area contributed by atoms with Crippen LogP contribution in [-0.4, -0.2) is 37.4 Å². The predicted octanol–water partition coefficient (Wildman–Crippen LogP) is 1.07. The first-order valence-electron chi connectivity index (χ1n) is 6.05. The second-order valence-electron chi connectivity index (χ2n) is 5.03. The van der Waals surface area contributed by atoms with Gasteiger partial charge in [0.15, 0.2) is 6.10 Å². The summed E-state index contributed by atoms with van der Waals surface area (Å²) >= 11 is 0. The van der Waals surface area contributed by atoms with Gasteiger partial charge in [-0.3, -0.25) is 4.79 Å². The lowest BCUT2D eigenvalue weighted by atomic mass is 9.78. The van der Waals surface area contributed by atoms with Crippen LogP contribution in [0.15, 0.2) is 12.2 Å². The molecule has 0 aromatic rings. The van der Waals surface area contributed by atoms with Gasteiger partial charge in [0.1, 0.15) is 6.10 Å². The molecule has 1 aliphatic carbocycles. The van der Waals surface area contributed by atoms with E-state index in [0.717, 1.165) is 0 Å². The van der Waals surface area contributed by atoms with E-state index in [0.29, 0.717) is 12.0 Å². The zero-order chi connectivity index (χ0) is 13.4. The number of methoxy groups -OCH3 is 1. The van der Waals surface area contributed by atoms with Gasteiger partial charge in [0, 0.05) is 18.6 Å². The molecule has 2 aliphatic rings. The van der Waals surface area contributed by atoms with Gasteiger partial charge in [-0.25, -0.2) is 4.79 Å². The van der Waals surface area contributed by atoms with E-state index in [9.17, 15) is 9.59 Å². The summed E-state index contributed by atoms with van der Waals surface area (Å²) in [5.41, 5.74) is 0.323. The van der Waals surface area contributed by atoms with E-state index in [-0.39, 0.29) is 23.9 Å². The third-order valence-electron chi connectivity index (χ3n) is 3.78. The summed E-state index contributed by atoms with van der Waals surface area (Å²) in [6.07, 6.45) is -0.728. The Hall–Kier alpha value is -1.36. The first kappa shape index (κ1) is 13.1. The largest absolute Gasteiger partial charge is 0.458 e. The van der Waals surface area contributed by atoms with Crippen molar-refractivity contribution in [2.24, 2.45) is 11.8 Å². The second-order valence-corrected chi connectivity index (χ2v) is 5.03. The van der Waals surface area contributed by atoms with Crippen LogP contribution in [0.1, 0.15) is 20.3 Å². The Kier molecular flexibility index (Phi) is 3.43. The maximum Gasteiger partial charge on any atom is 0.333 e. The quantitative estimate of drug-likeness (QED) is 0.557. The van der Waals surface area contributed by atoms with Gasteiger partial charge >= 0.3 is 11.9 Å². The lowest BCUT2D eigenvalue weighted by Crippen LogP contribution is -2.49. The first-order chi connectivity index (χ1) is 8.45. The van der Waals surface area contributed by atoms with Crippen LogP contribution < -0.4 is 0 Å². The van der Waals surface area contributed by atoms with Crippen molar-refractivity contribution >= 4 is 11.9 Å². The van der Waals surface area contributed by atoms with E-state index >= 15 is 0 Å². The summed E-state index contributed by atoms with van der Waals surface area (Å²) in [6, 6.07) is 0. The van der Waals surface area contributed by atoms with Gasteiger partial charge < -0.3 is 14.2 Å². The van der Waals surface area contributed by atoms with Crippen molar-refractivity contribution in [2.75, 3.05) is 7.11 Å². The maximum absolute atomic E-state index is 11.7. The smallest absolute Gasteiger partial charge is 0.333 e. The van der Waals surface area contributed by atoms with Crippen molar-refractivity contribution in [3.05, 3.63) is 12.2 Å². The zero-order valence-corrected chi connectivity index (χ0v) is 10.8. The lowest BCUT2D eigenvalue weighted by molar-refractivity contribution is -0.171.